The van der Waals surface area contributed by atoms with Gasteiger partial charge in [0, 0.05) is 12.7 Å². The first kappa shape index (κ1) is 15.9. The van der Waals surface area contributed by atoms with Crippen LogP contribution in [0.2, 0.25) is 0 Å². The Hall–Kier alpha value is -2.49. The zero-order chi connectivity index (χ0) is 16.3. The molecule has 0 spiro atoms. The van der Waals surface area contributed by atoms with Crippen LogP contribution >= 0.6 is 0 Å². The normalized spacial score (nSPS) is 13.5. The van der Waals surface area contributed by atoms with Crippen LogP contribution in [-0.4, -0.2) is 55.1 Å². The SMILES string of the molecule is NC(=O)c1cn(C/C=C(/CO)C(O)CO)c2ncnc(N)c12. The lowest BCUT2D eigenvalue weighted by Gasteiger charge is -2.10. The molecule has 0 radical (unpaired) electrons. The number of nitrogen functional groups attached to an aromatic ring is 1. The van der Waals surface area contributed by atoms with E-state index in [2.05, 4.69) is 9.97 Å². The molecular formula is C13H17N5O4. The van der Waals surface area contributed by atoms with E-state index in [1.54, 1.807) is 4.57 Å². The van der Waals surface area contributed by atoms with Gasteiger partial charge in [-0.1, -0.05) is 6.08 Å². The van der Waals surface area contributed by atoms with Gasteiger partial charge in [0.25, 0.3) is 5.91 Å². The van der Waals surface area contributed by atoms with E-state index < -0.39 is 25.2 Å². The van der Waals surface area contributed by atoms with Gasteiger partial charge in [0.1, 0.15) is 23.9 Å². The zero-order valence-corrected chi connectivity index (χ0v) is 11.7. The maximum Gasteiger partial charge on any atom is 0.251 e. The Labute approximate surface area is 125 Å². The average molecular weight is 307 g/mol. The lowest BCUT2D eigenvalue weighted by atomic mass is 10.1. The van der Waals surface area contributed by atoms with Gasteiger partial charge >= 0.3 is 0 Å². The van der Waals surface area contributed by atoms with Crippen LogP contribution in [0.3, 0.4) is 0 Å². The Balaban J connectivity index is 2.46. The van der Waals surface area contributed by atoms with Gasteiger partial charge in [-0.25, -0.2) is 9.97 Å². The number of allylic oxidation sites excluding steroid dienone is 1. The third-order valence-corrected chi connectivity index (χ3v) is 3.28. The third kappa shape index (κ3) is 2.91. The van der Waals surface area contributed by atoms with Gasteiger partial charge in [-0.2, -0.15) is 0 Å². The molecule has 2 heterocycles. The molecule has 0 aliphatic carbocycles. The predicted molar refractivity (Wildman–Crippen MR) is 78.7 cm³/mol. The van der Waals surface area contributed by atoms with Crippen LogP contribution in [0.15, 0.2) is 24.2 Å². The van der Waals surface area contributed by atoms with Crippen LogP contribution in [-0.2, 0) is 6.54 Å². The zero-order valence-electron chi connectivity index (χ0n) is 11.7. The van der Waals surface area contributed by atoms with Gasteiger partial charge in [-0.15, -0.1) is 0 Å². The van der Waals surface area contributed by atoms with Crippen molar-refractivity contribution in [1.82, 2.24) is 14.5 Å². The maximum absolute atomic E-state index is 11.5. The largest absolute Gasteiger partial charge is 0.393 e. The number of hydrogen-bond acceptors (Lipinski definition) is 7. The van der Waals surface area contributed by atoms with Crippen molar-refractivity contribution in [1.29, 1.82) is 0 Å². The van der Waals surface area contributed by atoms with Crippen LogP contribution < -0.4 is 11.5 Å². The molecule has 1 atom stereocenters. The number of anilines is 1. The number of primary amides is 1. The molecule has 9 heteroatoms. The van der Waals surface area contributed by atoms with Crippen LogP contribution in [0, 0.1) is 0 Å². The Morgan fingerprint density at radius 1 is 1.41 bits per heavy atom. The molecule has 9 nitrogen and oxygen atoms in total. The van der Waals surface area contributed by atoms with E-state index in [1.165, 1.54) is 18.6 Å². The summed E-state index contributed by atoms with van der Waals surface area (Å²) in [5.41, 5.74) is 11.9. The fourth-order valence-electron chi connectivity index (χ4n) is 2.11. The van der Waals surface area contributed by atoms with Crippen molar-refractivity contribution < 1.29 is 20.1 Å². The minimum atomic E-state index is -1.15. The van der Waals surface area contributed by atoms with Crippen molar-refractivity contribution in [3.8, 4) is 0 Å². The van der Waals surface area contributed by atoms with Gasteiger partial charge in [0.2, 0.25) is 0 Å². The first-order valence-electron chi connectivity index (χ1n) is 6.47. The Morgan fingerprint density at radius 3 is 2.73 bits per heavy atom. The average Bonchev–Trinajstić information content (AvgIpc) is 2.88. The molecule has 2 rings (SSSR count). The van der Waals surface area contributed by atoms with Gasteiger partial charge in [0.05, 0.1) is 24.2 Å². The summed E-state index contributed by atoms with van der Waals surface area (Å²) in [7, 11) is 0. The predicted octanol–water partition coefficient (Wildman–Crippen LogP) is -1.62. The second kappa shape index (κ2) is 6.52. The molecule has 0 saturated heterocycles. The minimum absolute atomic E-state index is 0.138. The van der Waals surface area contributed by atoms with E-state index in [1.807, 2.05) is 0 Å². The lowest BCUT2D eigenvalue weighted by Crippen LogP contribution is -2.18. The number of amides is 1. The quantitative estimate of drug-likeness (QED) is 0.401. The Bertz CT molecular complexity index is 725. The molecule has 1 unspecified atom stereocenters. The summed E-state index contributed by atoms with van der Waals surface area (Å²) in [6, 6.07) is 0. The molecule has 0 aromatic carbocycles. The van der Waals surface area contributed by atoms with Crippen LogP contribution in [0.1, 0.15) is 10.4 Å². The number of rotatable bonds is 6. The van der Waals surface area contributed by atoms with Crippen LogP contribution in [0.5, 0.6) is 0 Å². The molecule has 7 N–H and O–H groups in total. The number of carbonyl (C=O) groups excluding carboxylic acids is 1. The van der Waals surface area contributed by atoms with E-state index in [0.717, 1.165) is 0 Å². The highest BCUT2D eigenvalue weighted by molar-refractivity contribution is 6.08. The molecule has 22 heavy (non-hydrogen) atoms. The first-order chi connectivity index (χ1) is 10.5. The third-order valence-electron chi connectivity index (χ3n) is 3.28. The van der Waals surface area contributed by atoms with Gasteiger partial charge < -0.3 is 31.4 Å². The monoisotopic (exact) mass is 307 g/mol. The molecule has 0 aliphatic rings. The summed E-state index contributed by atoms with van der Waals surface area (Å²) in [5, 5.41) is 28.0. The highest BCUT2D eigenvalue weighted by Crippen LogP contribution is 2.23. The van der Waals surface area contributed by atoms with Gasteiger partial charge in [0.15, 0.2) is 0 Å². The maximum atomic E-state index is 11.5. The Kier molecular flexibility index (Phi) is 4.71. The summed E-state index contributed by atoms with van der Waals surface area (Å²) in [6.45, 7) is -0.700. The Morgan fingerprint density at radius 2 is 2.14 bits per heavy atom. The number of aliphatic hydroxyl groups excluding tert-OH is 3. The van der Waals surface area contributed by atoms with Crippen LogP contribution in [0.25, 0.3) is 11.0 Å². The van der Waals surface area contributed by atoms with E-state index in [0.29, 0.717) is 11.0 Å². The van der Waals surface area contributed by atoms with E-state index >= 15 is 0 Å². The molecule has 2 aromatic rings. The highest BCUT2D eigenvalue weighted by atomic mass is 16.3. The van der Waals surface area contributed by atoms with Crippen molar-refractivity contribution in [3.05, 3.63) is 29.7 Å². The summed E-state index contributed by atoms with van der Waals surface area (Å²) in [4.78, 5) is 19.4. The topological polar surface area (TPSA) is 161 Å². The second-order valence-corrected chi connectivity index (χ2v) is 4.65. The van der Waals surface area contributed by atoms with E-state index in [4.69, 9.17) is 16.6 Å². The lowest BCUT2D eigenvalue weighted by molar-refractivity contribution is 0.100. The molecule has 2 aromatic heterocycles. The van der Waals surface area contributed by atoms with Crippen molar-refractivity contribution in [2.45, 2.75) is 12.6 Å². The molecule has 0 aliphatic heterocycles. The number of hydrogen-bond donors (Lipinski definition) is 5. The van der Waals surface area contributed by atoms with Crippen molar-refractivity contribution in [3.63, 3.8) is 0 Å². The number of nitrogens with two attached hydrogens (primary N) is 2. The summed E-state index contributed by atoms with van der Waals surface area (Å²) in [6.07, 6.45) is 3.12. The molecule has 0 bridgehead atoms. The summed E-state index contributed by atoms with van der Waals surface area (Å²) >= 11 is 0. The smallest absolute Gasteiger partial charge is 0.251 e. The fourth-order valence-corrected chi connectivity index (χ4v) is 2.11. The van der Waals surface area contributed by atoms with E-state index in [9.17, 15) is 15.0 Å². The molecule has 1 amide bonds. The molecule has 0 saturated carbocycles. The summed E-state index contributed by atoms with van der Waals surface area (Å²) < 4.78 is 1.59. The van der Waals surface area contributed by atoms with Gasteiger partial charge in [-0.05, 0) is 5.57 Å². The fraction of sp³-hybridized carbons (Fsp3) is 0.308. The molecule has 118 valence electrons. The first-order valence-corrected chi connectivity index (χ1v) is 6.47. The van der Waals surface area contributed by atoms with E-state index in [-0.39, 0.29) is 23.5 Å². The number of fused-ring (bicyclic) bond motifs is 1. The standard InChI is InChI=1S/C13H17N5O4/c14-11-10-8(12(15)22)3-18(13(10)17-6-16-11)2-1-7(4-19)9(21)5-20/h1,3,6,9,19-21H,2,4-5H2,(H2,15,22)(H2,14,16,17)/b7-1-. The highest BCUT2D eigenvalue weighted by Gasteiger charge is 2.17. The number of carbonyl (C=O) groups is 1. The van der Waals surface area contributed by atoms with Crippen molar-refractivity contribution in [2.24, 2.45) is 5.73 Å². The van der Waals surface area contributed by atoms with Crippen molar-refractivity contribution in [2.75, 3.05) is 18.9 Å². The molecular weight excluding hydrogens is 290 g/mol. The van der Waals surface area contributed by atoms with Gasteiger partial charge in [-0.3, -0.25) is 4.79 Å². The number of aromatic nitrogens is 3. The van der Waals surface area contributed by atoms with Crippen molar-refractivity contribution >= 4 is 22.8 Å². The minimum Gasteiger partial charge on any atom is -0.393 e. The molecule has 0 fully saturated rings. The second-order valence-electron chi connectivity index (χ2n) is 4.65. The number of nitrogens with zero attached hydrogens (tertiary/aromatic N) is 3. The summed E-state index contributed by atoms with van der Waals surface area (Å²) in [5.74, 6) is -0.522. The van der Waals surface area contributed by atoms with Crippen LogP contribution in [0.4, 0.5) is 5.82 Å². The number of aliphatic hydroxyl groups is 3.